The van der Waals surface area contributed by atoms with Crippen LogP contribution in [0.5, 0.6) is 0 Å². The average molecular weight is 547 g/mol. The first kappa shape index (κ1) is 31.9. The fraction of sp³-hybridized carbons (Fsp3) is 0.652. The number of carbonyl (C=O) groups is 6. The molecule has 2 amide bonds. The van der Waals surface area contributed by atoms with Gasteiger partial charge in [-0.3, -0.25) is 19.2 Å². The number of hydrogen-bond donors (Lipinski definition) is 3. The number of carboxylic acid groups (broad SMARTS) is 1. The second kappa shape index (κ2) is 14.6. The summed E-state index contributed by atoms with van der Waals surface area (Å²) >= 11 is 0.912. The minimum atomic E-state index is -1.53. The molecule has 0 spiro atoms. The van der Waals surface area contributed by atoms with Crippen LogP contribution in [0.15, 0.2) is 12.2 Å². The maximum Gasteiger partial charge on any atom is 0.509 e. The molecule has 1 heterocycles. The maximum absolute atomic E-state index is 13.0. The number of esters is 1. The molecule has 1 aliphatic rings. The zero-order valence-corrected chi connectivity index (χ0v) is 22.6. The fourth-order valence-corrected chi connectivity index (χ4v) is 3.73. The van der Waals surface area contributed by atoms with Crippen LogP contribution >= 0.6 is 11.8 Å². The molecule has 0 saturated carbocycles. The fourth-order valence-electron chi connectivity index (χ4n) is 3.16. The predicted octanol–water partition coefficient (Wildman–Crippen LogP) is 0.0792. The van der Waals surface area contributed by atoms with E-state index in [1.54, 1.807) is 21.1 Å². The molecule has 0 bridgehead atoms. The molecule has 0 aliphatic carbocycles. The molecule has 0 radical (unpaired) electrons. The Hall–Kier alpha value is -3.13. The highest BCUT2D eigenvalue weighted by atomic mass is 32.2. The number of carbonyl (C=O) groups excluding carboxylic acids is 5. The molecule has 2 atom stereocenters. The van der Waals surface area contributed by atoms with Crippen LogP contribution < -0.4 is 10.6 Å². The first-order valence-corrected chi connectivity index (χ1v) is 12.5. The Balaban J connectivity index is 3.08. The highest BCUT2D eigenvalue weighted by Gasteiger charge is 2.41. The van der Waals surface area contributed by atoms with Crippen LogP contribution in [-0.4, -0.2) is 110 Å². The first-order chi connectivity index (χ1) is 17.1. The Bertz CT molecular complexity index is 898. The van der Waals surface area contributed by atoms with Crippen molar-refractivity contribution in [3.63, 3.8) is 0 Å². The number of cyclic esters (lactones) is 1. The standard InChI is InChI=1S/C23H35N3O10S/c1-23(2)14-34-18(30)6-7-19(31)37-11-10-24-16(27)8-9-25-21(32)20(23)36-22(33)35-15(12-17(28)29)13-26(3,4)5/h6-7,15,20H,8-14H2,1-5H3,(H2-,24,25,27,28,29,32)/p+1/b7-6+/t15-,20+/m1/s1. The lowest BCUT2D eigenvalue weighted by Gasteiger charge is -2.32. The number of thioether (sulfide) groups is 1. The Labute approximate surface area is 219 Å². The molecule has 0 aromatic rings. The number of rotatable bonds is 6. The van der Waals surface area contributed by atoms with Crippen molar-refractivity contribution in [3.05, 3.63) is 12.2 Å². The minimum absolute atomic E-state index is 0.0684. The smallest absolute Gasteiger partial charge is 0.481 e. The van der Waals surface area contributed by atoms with Gasteiger partial charge in [0.15, 0.2) is 12.2 Å². The number of ether oxygens (including phenoxy) is 3. The quantitative estimate of drug-likeness (QED) is 0.304. The molecule has 0 aromatic carbocycles. The van der Waals surface area contributed by atoms with E-state index < -0.39 is 53.2 Å². The molecule has 37 heavy (non-hydrogen) atoms. The average Bonchev–Trinajstić information content (AvgIpc) is 2.75. The van der Waals surface area contributed by atoms with Gasteiger partial charge in [0.2, 0.25) is 11.0 Å². The first-order valence-electron chi connectivity index (χ1n) is 11.5. The summed E-state index contributed by atoms with van der Waals surface area (Å²) in [5.74, 6) is -2.86. The summed E-state index contributed by atoms with van der Waals surface area (Å²) in [5.41, 5.74) is -1.27. The van der Waals surface area contributed by atoms with E-state index in [2.05, 4.69) is 10.6 Å². The third-order valence-electron chi connectivity index (χ3n) is 4.84. The van der Waals surface area contributed by atoms with Gasteiger partial charge in [-0.2, -0.15) is 0 Å². The zero-order chi connectivity index (χ0) is 28.2. The topological polar surface area (TPSA) is 174 Å². The minimum Gasteiger partial charge on any atom is -0.481 e. The van der Waals surface area contributed by atoms with Gasteiger partial charge < -0.3 is 34.4 Å². The highest BCUT2D eigenvalue weighted by molar-refractivity contribution is 8.14. The van der Waals surface area contributed by atoms with Crippen LogP contribution in [0.1, 0.15) is 26.7 Å². The molecule has 208 valence electrons. The maximum atomic E-state index is 13.0. The van der Waals surface area contributed by atoms with Gasteiger partial charge in [0.25, 0.3) is 5.91 Å². The van der Waals surface area contributed by atoms with Crippen LogP contribution in [0, 0.1) is 5.41 Å². The van der Waals surface area contributed by atoms with Crippen LogP contribution in [0.3, 0.4) is 0 Å². The lowest BCUT2D eigenvalue weighted by molar-refractivity contribution is -0.873. The van der Waals surface area contributed by atoms with E-state index in [1.807, 2.05) is 0 Å². The van der Waals surface area contributed by atoms with Gasteiger partial charge in [0.1, 0.15) is 13.2 Å². The number of amides is 2. The van der Waals surface area contributed by atoms with E-state index in [4.69, 9.17) is 19.3 Å². The number of aliphatic carboxylic acids is 1. The Morgan fingerprint density at radius 3 is 2.46 bits per heavy atom. The van der Waals surface area contributed by atoms with E-state index in [0.29, 0.717) is 10.2 Å². The van der Waals surface area contributed by atoms with Crippen molar-refractivity contribution < 1.29 is 52.6 Å². The number of nitrogens with zero attached hydrogens (tertiary/aromatic N) is 1. The molecule has 0 fully saturated rings. The molecular formula is C23H36N3O10S+. The zero-order valence-electron chi connectivity index (χ0n) is 21.7. The second-order valence-electron chi connectivity index (χ2n) is 10.0. The second-order valence-corrected chi connectivity index (χ2v) is 11.1. The van der Waals surface area contributed by atoms with Crippen molar-refractivity contribution in [1.29, 1.82) is 0 Å². The van der Waals surface area contributed by atoms with Gasteiger partial charge in [0, 0.05) is 36.8 Å². The molecule has 13 nitrogen and oxygen atoms in total. The van der Waals surface area contributed by atoms with Crippen molar-refractivity contribution in [3.8, 4) is 0 Å². The van der Waals surface area contributed by atoms with Crippen LogP contribution in [0.4, 0.5) is 4.79 Å². The summed E-state index contributed by atoms with van der Waals surface area (Å²) in [4.78, 5) is 72.7. The number of nitrogens with one attached hydrogen (secondary N) is 2. The Morgan fingerprint density at radius 1 is 1.16 bits per heavy atom. The molecule has 1 aliphatic heterocycles. The monoisotopic (exact) mass is 546 g/mol. The number of carboxylic acids is 1. The largest absolute Gasteiger partial charge is 0.509 e. The Morgan fingerprint density at radius 2 is 1.84 bits per heavy atom. The number of quaternary nitrogens is 1. The van der Waals surface area contributed by atoms with Crippen LogP contribution in [-0.2, 0) is 38.2 Å². The van der Waals surface area contributed by atoms with Gasteiger partial charge in [-0.1, -0.05) is 25.6 Å². The van der Waals surface area contributed by atoms with E-state index in [1.165, 1.54) is 13.8 Å². The van der Waals surface area contributed by atoms with Gasteiger partial charge in [0.05, 0.1) is 27.6 Å². The molecule has 1 rings (SSSR count). The summed E-state index contributed by atoms with van der Waals surface area (Å²) in [5, 5.41) is 13.9. The van der Waals surface area contributed by atoms with Crippen molar-refractivity contribution in [2.75, 3.05) is 53.1 Å². The van der Waals surface area contributed by atoms with Gasteiger partial charge in [-0.05, 0) is 6.08 Å². The van der Waals surface area contributed by atoms with Gasteiger partial charge in [-0.15, -0.1) is 0 Å². The van der Waals surface area contributed by atoms with Crippen molar-refractivity contribution in [2.24, 2.45) is 5.41 Å². The predicted molar refractivity (Wildman–Crippen MR) is 132 cm³/mol. The van der Waals surface area contributed by atoms with Crippen LogP contribution in [0.25, 0.3) is 0 Å². The molecule has 3 N–H and O–H groups in total. The van der Waals surface area contributed by atoms with Gasteiger partial charge >= 0.3 is 18.1 Å². The summed E-state index contributed by atoms with van der Waals surface area (Å²) < 4.78 is 16.0. The summed E-state index contributed by atoms with van der Waals surface area (Å²) in [6.07, 6.45) is -2.40. The van der Waals surface area contributed by atoms with Gasteiger partial charge in [-0.25, -0.2) is 9.59 Å². The summed E-state index contributed by atoms with van der Waals surface area (Å²) in [6, 6.07) is 0. The van der Waals surface area contributed by atoms with Crippen molar-refractivity contribution in [1.82, 2.24) is 10.6 Å². The molecule has 0 saturated heterocycles. The number of hydrogen-bond acceptors (Lipinski definition) is 10. The third-order valence-corrected chi connectivity index (χ3v) is 5.67. The van der Waals surface area contributed by atoms with Crippen molar-refractivity contribution >= 4 is 46.8 Å². The van der Waals surface area contributed by atoms with E-state index >= 15 is 0 Å². The van der Waals surface area contributed by atoms with E-state index in [-0.39, 0.29) is 38.6 Å². The normalized spacial score (nSPS) is 21.9. The lowest BCUT2D eigenvalue weighted by Crippen LogP contribution is -2.50. The molecular weight excluding hydrogens is 510 g/mol. The lowest BCUT2D eigenvalue weighted by atomic mass is 9.86. The summed E-state index contributed by atoms with van der Waals surface area (Å²) in [7, 11) is 5.36. The number of likely N-dealkylation sites (N-methyl/N-ethyl adjacent to an activating group) is 1. The highest BCUT2D eigenvalue weighted by Crippen LogP contribution is 2.26. The Kier molecular flexibility index (Phi) is 12.6. The molecule has 14 heteroatoms. The third kappa shape index (κ3) is 13.7. The molecule has 0 unspecified atom stereocenters. The SMILES string of the molecule is CC1(C)COC(=O)/C=C/C(=O)SCCNC(=O)CCNC(=O)[C@@H]1OC(=O)O[C@H](CC(=O)O)C[N+](C)(C)C. The van der Waals surface area contributed by atoms with E-state index in [9.17, 15) is 28.8 Å². The van der Waals surface area contributed by atoms with Crippen molar-refractivity contribution in [2.45, 2.75) is 38.9 Å². The summed E-state index contributed by atoms with van der Waals surface area (Å²) in [6.45, 7) is 2.93. The van der Waals surface area contributed by atoms with E-state index in [0.717, 1.165) is 23.9 Å². The molecule has 0 aromatic heterocycles. The van der Waals surface area contributed by atoms with Crippen LogP contribution in [0.2, 0.25) is 0 Å².